The maximum Gasteiger partial charge on any atom is 0.272 e. The number of amides is 1. The van der Waals surface area contributed by atoms with Crippen molar-refractivity contribution < 1.29 is 9.90 Å². The highest BCUT2D eigenvalue weighted by atomic mass is 79.9. The molecule has 0 spiro atoms. The van der Waals surface area contributed by atoms with E-state index in [4.69, 9.17) is 5.11 Å². The van der Waals surface area contributed by atoms with Gasteiger partial charge in [-0.05, 0) is 40.9 Å². The van der Waals surface area contributed by atoms with Crippen LogP contribution in [0.1, 0.15) is 28.7 Å². The van der Waals surface area contributed by atoms with Crippen molar-refractivity contribution in [3.8, 4) is 0 Å². The van der Waals surface area contributed by atoms with Crippen LogP contribution in [-0.4, -0.2) is 69.5 Å². The number of aromatic nitrogens is 2. The number of aryl methyl sites for hydroxylation is 2. The van der Waals surface area contributed by atoms with Gasteiger partial charge in [-0.15, -0.1) is 0 Å². The summed E-state index contributed by atoms with van der Waals surface area (Å²) in [5.74, 6) is 0.0421. The summed E-state index contributed by atoms with van der Waals surface area (Å²) in [5.41, 5.74) is 3.38. The van der Waals surface area contributed by atoms with Gasteiger partial charge in [0.25, 0.3) is 5.91 Å². The van der Waals surface area contributed by atoms with Gasteiger partial charge in [-0.1, -0.05) is 6.92 Å². The summed E-state index contributed by atoms with van der Waals surface area (Å²) in [6, 6.07) is 2.02. The molecular formula is C17H23BrN4O2. The highest BCUT2D eigenvalue weighted by Crippen LogP contribution is 2.24. The van der Waals surface area contributed by atoms with E-state index in [-0.39, 0.29) is 12.5 Å². The van der Waals surface area contributed by atoms with Gasteiger partial charge in [0.05, 0.1) is 16.8 Å². The molecule has 0 atom stereocenters. The smallest absolute Gasteiger partial charge is 0.272 e. The first-order valence-electron chi connectivity index (χ1n) is 8.34. The van der Waals surface area contributed by atoms with Crippen LogP contribution in [0.2, 0.25) is 0 Å². The molecule has 0 bridgehead atoms. The molecule has 1 saturated heterocycles. The van der Waals surface area contributed by atoms with Gasteiger partial charge in [-0.2, -0.15) is 0 Å². The fourth-order valence-corrected chi connectivity index (χ4v) is 3.86. The molecule has 0 aromatic carbocycles. The number of imidazole rings is 1. The molecule has 1 amide bonds. The number of hydrogen-bond donors (Lipinski definition) is 1. The van der Waals surface area contributed by atoms with Crippen molar-refractivity contribution in [3.63, 3.8) is 0 Å². The molecule has 130 valence electrons. The molecule has 2 aromatic heterocycles. The minimum Gasteiger partial charge on any atom is -0.395 e. The number of halogens is 1. The third kappa shape index (κ3) is 3.20. The largest absolute Gasteiger partial charge is 0.395 e. The van der Waals surface area contributed by atoms with Crippen molar-refractivity contribution in [2.24, 2.45) is 0 Å². The first-order chi connectivity index (χ1) is 11.5. The van der Waals surface area contributed by atoms with Gasteiger partial charge < -0.3 is 10.0 Å². The van der Waals surface area contributed by atoms with Crippen molar-refractivity contribution in [2.75, 3.05) is 39.3 Å². The van der Waals surface area contributed by atoms with Crippen LogP contribution in [0.15, 0.2) is 16.7 Å². The maximum absolute atomic E-state index is 13.1. The van der Waals surface area contributed by atoms with Gasteiger partial charge in [0, 0.05) is 38.9 Å². The van der Waals surface area contributed by atoms with Crippen molar-refractivity contribution >= 4 is 27.5 Å². The van der Waals surface area contributed by atoms with E-state index in [1.165, 1.54) is 0 Å². The second-order valence-electron chi connectivity index (χ2n) is 6.18. The van der Waals surface area contributed by atoms with Gasteiger partial charge in [0.1, 0.15) is 5.69 Å². The van der Waals surface area contributed by atoms with E-state index in [0.717, 1.165) is 40.9 Å². The Balaban J connectivity index is 1.92. The summed E-state index contributed by atoms with van der Waals surface area (Å²) >= 11 is 3.56. The summed E-state index contributed by atoms with van der Waals surface area (Å²) in [6.07, 6.45) is 2.69. The van der Waals surface area contributed by atoms with Gasteiger partial charge in [-0.25, -0.2) is 4.98 Å². The van der Waals surface area contributed by atoms with E-state index in [2.05, 4.69) is 25.8 Å². The number of β-amino-alcohol motifs (C(OH)–C–C–N with tert-alkyl or cyclic N) is 1. The number of aliphatic hydroxyl groups excluding tert-OH is 1. The van der Waals surface area contributed by atoms with E-state index in [1.54, 1.807) is 0 Å². The zero-order valence-electron chi connectivity index (χ0n) is 14.1. The lowest BCUT2D eigenvalue weighted by Crippen LogP contribution is -2.49. The van der Waals surface area contributed by atoms with E-state index in [9.17, 15) is 4.79 Å². The zero-order valence-corrected chi connectivity index (χ0v) is 15.7. The number of pyridine rings is 1. The molecule has 1 fully saturated rings. The molecule has 3 heterocycles. The Morgan fingerprint density at radius 1 is 1.33 bits per heavy atom. The number of nitrogens with zero attached hydrogens (tertiary/aromatic N) is 4. The fraction of sp³-hybridized carbons (Fsp3) is 0.529. The molecule has 1 aliphatic rings. The molecule has 2 aromatic rings. The summed E-state index contributed by atoms with van der Waals surface area (Å²) < 4.78 is 2.82. The van der Waals surface area contributed by atoms with Crippen LogP contribution >= 0.6 is 15.9 Å². The molecule has 0 aliphatic carbocycles. The molecule has 0 saturated carbocycles. The van der Waals surface area contributed by atoms with Crippen LogP contribution in [0.25, 0.3) is 5.65 Å². The average molecular weight is 395 g/mol. The lowest BCUT2D eigenvalue weighted by molar-refractivity contribution is 0.0607. The van der Waals surface area contributed by atoms with E-state index < -0.39 is 0 Å². The quantitative estimate of drug-likeness (QED) is 0.857. The third-order valence-corrected chi connectivity index (χ3v) is 5.08. The van der Waals surface area contributed by atoms with Crippen molar-refractivity contribution in [1.82, 2.24) is 19.2 Å². The standard InChI is InChI=1S/C17H23BrN4O2/c1-3-14-15(22-11-12(2)10-13(18)16(22)19-14)17(24)21-6-4-20(5-7-21)8-9-23/h10-11,23H,3-9H2,1-2H3. The Bertz CT molecular complexity index is 751. The Kier molecular flexibility index (Phi) is 5.22. The van der Waals surface area contributed by atoms with Gasteiger partial charge >= 0.3 is 0 Å². The molecule has 1 aliphatic heterocycles. The summed E-state index contributed by atoms with van der Waals surface area (Å²) in [7, 11) is 0. The second kappa shape index (κ2) is 7.21. The summed E-state index contributed by atoms with van der Waals surface area (Å²) in [5, 5.41) is 9.04. The Morgan fingerprint density at radius 3 is 2.67 bits per heavy atom. The SMILES string of the molecule is CCc1nc2c(Br)cc(C)cn2c1C(=O)N1CCN(CCO)CC1. The fourth-order valence-electron chi connectivity index (χ4n) is 3.22. The number of piperazine rings is 1. The number of fused-ring (bicyclic) bond motifs is 1. The minimum absolute atomic E-state index is 0.0421. The van der Waals surface area contributed by atoms with Crippen LogP contribution < -0.4 is 0 Å². The van der Waals surface area contributed by atoms with Crippen LogP contribution in [0.5, 0.6) is 0 Å². The predicted molar refractivity (Wildman–Crippen MR) is 96.4 cm³/mol. The molecule has 0 unspecified atom stereocenters. The third-order valence-electron chi connectivity index (χ3n) is 4.50. The molecule has 7 heteroatoms. The van der Waals surface area contributed by atoms with Crippen LogP contribution in [-0.2, 0) is 6.42 Å². The van der Waals surface area contributed by atoms with E-state index in [0.29, 0.717) is 25.3 Å². The van der Waals surface area contributed by atoms with Crippen LogP contribution in [0.4, 0.5) is 0 Å². The maximum atomic E-state index is 13.1. The molecule has 3 rings (SSSR count). The Labute approximate surface area is 150 Å². The monoisotopic (exact) mass is 394 g/mol. The number of rotatable bonds is 4. The number of carbonyl (C=O) groups is 1. The second-order valence-corrected chi connectivity index (χ2v) is 7.03. The summed E-state index contributed by atoms with van der Waals surface area (Å²) in [6.45, 7) is 7.83. The highest BCUT2D eigenvalue weighted by Gasteiger charge is 2.27. The van der Waals surface area contributed by atoms with Gasteiger partial charge in [0.2, 0.25) is 0 Å². The Morgan fingerprint density at radius 2 is 2.04 bits per heavy atom. The molecule has 0 radical (unpaired) electrons. The Hall–Kier alpha value is -1.44. The highest BCUT2D eigenvalue weighted by molar-refractivity contribution is 9.10. The lowest BCUT2D eigenvalue weighted by Gasteiger charge is -2.34. The normalized spacial score (nSPS) is 16.1. The number of hydrogen-bond acceptors (Lipinski definition) is 4. The molecule has 6 nitrogen and oxygen atoms in total. The van der Waals surface area contributed by atoms with Gasteiger partial charge in [0.15, 0.2) is 5.65 Å². The number of aliphatic hydroxyl groups is 1. The van der Waals surface area contributed by atoms with Crippen LogP contribution in [0, 0.1) is 6.92 Å². The average Bonchev–Trinajstić information content (AvgIpc) is 2.94. The van der Waals surface area contributed by atoms with Crippen molar-refractivity contribution in [3.05, 3.63) is 33.7 Å². The molecule has 1 N–H and O–H groups in total. The van der Waals surface area contributed by atoms with Crippen molar-refractivity contribution in [1.29, 1.82) is 0 Å². The topological polar surface area (TPSA) is 61.1 Å². The summed E-state index contributed by atoms with van der Waals surface area (Å²) in [4.78, 5) is 21.9. The zero-order chi connectivity index (χ0) is 17.3. The van der Waals surface area contributed by atoms with Crippen LogP contribution in [0.3, 0.4) is 0 Å². The minimum atomic E-state index is 0.0421. The lowest BCUT2D eigenvalue weighted by atomic mass is 10.2. The van der Waals surface area contributed by atoms with Crippen molar-refractivity contribution in [2.45, 2.75) is 20.3 Å². The van der Waals surface area contributed by atoms with E-state index in [1.807, 2.05) is 35.4 Å². The molecular weight excluding hydrogens is 372 g/mol. The first kappa shape index (κ1) is 17.4. The predicted octanol–water partition coefficient (Wildman–Crippen LogP) is 1.72. The van der Waals surface area contributed by atoms with Gasteiger partial charge in [-0.3, -0.25) is 14.1 Å². The molecule has 24 heavy (non-hydrogen) atoms. The van der Waals surface area contributed by atoms with E-state index >= 15 is 0 Å². The number of carbonyl (C=O) groups excluding carboxylic acids is 1. The first-order valence-corrected chi connectivity index (χ1v) is 9.14.